The Morgan fingerprint density at radius 3 is 2.17 bits per heavy atom. The van der Waals surface area contributed by atoms with Crippen LogP contribution in [0.2, 0.25) is 0 Å². The van der Waals surface area contributed by atoms with Gasteiger partial charge in [0, 0.05) is 18.6 Å². The monoisotopic (exact) mass is 177 g/mol. The zero-order chi connectivity index (χ0) is 9.30. The lowest BCUT2D eigenvalue weighted by molar-refractivity contribution is -0.125. The highest BCUT2D eigenvalue weighted by Crippen LogP contribution is 2.24. The predicted octanol–water partition coefficient (Wildman–Crippen LogP) is -2.59. The van der Waals surface area contributed by atoms with E-state index in [4.69, 9.17) is 10.8 Å². The molecular formula is C7H15NO4. The minimum Gasteiger partial charge on any atom is -0.396 e. The quantitative estimate of drug-likeness (QED) is 0.302. The summed E-state index contributed by atoms with van der Waals surface area (Å²) in [7, 11) is 0. The van der Waals surface area contributed by atoms with Crippen LogP contribution < -0.4 is 5.73 Å². The van der Waals surface area contributed by atoms with Crippen molar-refractivity contribution in [3.63, 3.8) is 0 Å². The van der Waals surface area contributed by atoms with Crippen LogP contribution >= 0.6 is 0 Å². The van der Waals surface area contributed by atoms with E-state index in [1.807, 2.05) is 0 Å². The predicted molar refractivity (Wildman–Crippen MR) is 41.2 cm³/mol. The molecule has 0 saturated heterocycles. The Balaban J connectivity index is 2.63. The van der Waals surface area contributed by atoms with Gasteiger partial charge in [0.05, 0.1) is 12.2 Å². The number of aliphatic hydroxyl groups is 4. The van der Waals surface area contributed by atoms with Crippen molar-refractivity contribution < 1.29 is 20.4 Å². The van der Waals surface area contributed by atoms with Gasteiger partial charge < -0.3 is 26.2 Å². The fourth-order valence-electron chi connectivity index (χ4n) is 1.55. The Morgan fingerprint density at radius 1 is 1.08 bits per heavy atom. The standard InChI is InChI=1S/C7H15NO4/c8-4-1-3(2-9)5(10)7(12)6(4)11/h3-7,9-12H,1-2,8H2/t3-,4+,5-,6-,7-/m1/s1. The van der Waals surface area contributed by atoms with Crippen molar-refractivity contribution in [1.29, 1.82) is 0 Å². The maximum absolute atomic E-state index is 9.30. The average Bonchev–Trinajstić information content (AvgIpc) is 2.08. The lowest BCUT2D eigenvalue weighted by Crippen LogP contribution is -2.57. The highest BCUT2D eigenvalue weighted by atomic mass is 16.4. The Labute approximate surface area is 70.4 Å². The molecule has 0 amide bonds. The molecular weight excluding hydrogens is 162 g/mol. The average molecular weight is 177 g/mol. The van der Waals surface area contributed by atoms with E-state index in [1.54, 1.807) is 0 Å². The third-order valence-corrected chi connectivity index (χ3v) is 2.43. The second-order valence-corrected chi connectivity index (χ2v) is 3.31. The van der Waals surface area contributed by atoms with Crippen LogP contribution in [0, 0.1) is 5.92 Å². The lowest BCUT2D eigenvalue weighted by atomic mass is 9.80. The zero-order valence-corrected chi connectivity index (χ0v) is 6.67. The number of nitrogens with two attached hydrogens (primary N) is 1. The van der Waals surface area contributed by atoms with E-state index in [0.29, 0.717) is 6.42 Å². The third kappa shape index (κ3) is 1.60. The van der Waals surface area contributed by atoms with E-state index in [1.165, 1.54) is 0 Å². The maximum Gasteiger partial charge on any atom is 0.108 e. The van der Waals surface area contributed by atoms with Gasteiger partial charge in [0.25, 0.3) is 0 Å². The summed E-state index contributed by atoms with van der Waals surface area (Å²) in [5.74, 6) is -0.432. The first-order chi connectivity index (χ1) is 5.57. The van der Waals surface area contributed by atoms with Gasteiger partial charge in [-0.05, 0) is 6.42 Å². The van der Waals surface area contributed by atoms with Gasteiger partial charge in [-0.3, -0.25) is 0 Å². The Morgan fingerprint density at radius 2 is 1.67 bits per heavy atom. The second kappa shape index (κ2) is 3.68. The van der Waals surface area contributed by atoms with Crippen molar-refractivity contribution in [3.05, 3.63) is 0 Å². The van der Waals surface area contributed by atoms with Crippen molar-refractivity contribution in [2.45, 2.75) is 30.8 Å². The van der Waals surface area contributed by atoms with Crippen LogP contribution in [-0.2, 0) is 0 Å². The van der Waals surface area contributed by atoms with Crippen LogP contribution in [0.15, 0.2) is 0 Å². The van der Waals surface area contributed by atoms with Crippen LogP contribution in [0.5, 0.6) is 0 Å². The Kier molecular flexibility index (Phi) is 3.03. The summed E-state index contributed by atoms with van der Waals surface area (Å²) in [6.45, 7) is -0.224. The Hall–Kier alpha value is -0.200. The van der Waals surface area contributed by atoms with E-state index in [-0.39, 0.29) is 6.61 Å². The van der Waals surface area contributed by atoms with Crippen LogP contribution in [0.1, 0.15) is 6.42 Å². The largest absolute Gasteiger partial charge is 0.396 e. The molecule has 0 aliphatic heterocycles. The molecule has 0 radical (unpaired) electrons. The van der Waals surface area contributed by atoms with E-state index in [0.717, 1.165) is 0 Å². The molecule has 5 heteroatoms. The summed E-state index contributed by atoms with van der Waals surface area (Å²) in [6, 6.07) is -0.569. The number of hydrogen-bond donors (Lipinski definition) is 5. The van der Waals surface area contributed by atoms with Crippen molar-refractivity contribution in [3.8, 4) is 0 Å². The van der Waals surface area contributed by atoms with Crippen molar-refractivity contribution >= 4 is 0 Å². The highest BCUT2D eigenvalue weighted by molar-refractivity contribution is 4.94. The fourth-order valence-corrected chi connectivity index (χ4v) is 1.55. The van der Waals surface area contributed by atoms with Gasteiger partial charge in [-0.1, -0.05) is 0 Å². The molecule has 6 N–H and O–H groups in total. The fraction of sp³-hybridized carbons (Fsp3) is 1.00. The van der Waals surface area contributed by atoms with Crippen molar-refractivity contribution in [2.24, 2.45) is 11.7 Å². The molecule has 0 aromatic heterocycles. The summed E-state index contributed by atoms with van der Waals surface area (Å²) in [5, 5.41) is 36.5. The molecule has 0 spiro atoms. The molecule has 0 unspecified atom stereocenters. The van der Waals surface area contributed by atoms with Crippen LogP contribution in [0.3, 0.4) is 0 Å². The van der Waals surface area contributed by atoms with Gasteiger partial charge in [0.15, 0.2) is 0 Å². The van der Waals surface area contributed by atoms with E-state index in [9.17, 15) is 15.3 Å². The summed E-state index contributed by atoms with van der Waals surface area (Å²) in [5.41, 5.74) is 5.46. The molecule has 1 fully saturated rings. The second-order valence-electron chi connectivity index (χ2n) is 3.31. The van der Waals surface area contributed by atoms with Crippen molar-refractivity contribution in [1.82, 2.24) is 0 Å². The molecule has 1 rings (SSSR count). The molecule has 0 aromatic carbocycles. The summed E-state index contributed by atoms with van der Waals surface area (Å²) in [4.78, 5) is 0. The van der Waals surface area contributed by atoms with Gasteiger partial charge in [-0.15, -0.1) is 0 Å². The molecule has 0 heterocycles. The molecule has 1 aliphatic rings. The molecule has 0 aromatic rings. The maximum atomic E-state index is 9.30. The van der Waals surface area contributed by atoms with Gasteiger partial charge in [0.2, 0.25) is 0 Å². The summed E-state index contributed by atoms with van der Waals surface area (Å²) >= 11 is 0. The number of aliphatic hydroxyl groups excluding tert-OH is 4. The van der Waals surface area contributed by atoms with Crippen molar-refractivity contribution in [2.75, 3.05) is 6.61 Å². The SMILES string of the molecule is N[C@H]1C[C@H](CO)[C@@H](O)[C@@H](O)[C@@H]1O. The van der Waals surface area contributed by atoms with E-state index in [2.05, 4.69) is 0 Å². The van der Waals surface area contributed by atoms with Gasteiger partial charge in [-0.2, -0.15) is 0 Å². The van der Waals surface area contributed by atoms with Gasteiger partial charge in [0.1, 0.15) is 6.10 Å². The normalized spacial score (nSPS) is 49.2. The lowest BCUT2D eigenvalue weighted by Gasteiger charge is -2.38. The minimum absolute atomic E-state index is 0.224. The molecule has 1 saturated carbocycles. The zero-order valence-electron chi connectivity index (χ0n) is 6.67. The molecule has 5 atom stereocenters. The molecule has 1 aliphatic carbocycles. The van der Waals surface area contributed by atoms with E-state index >= 15 is 0 Å². The molecule has 5 nitrogen and oxygen atoms in total. The summed E-state index contributed by atoms with van der Waals surface area (Å²) < 4.78 is 0. The molecule has 12 heavy (non-hydrogen) atoms. The number of hydrogen-bond acceptors (Lipinski definition) is 5. The smallest absolute Gasteiger partial charge is 0.108 e. The van der Waals surface area contributed by atoms with Crippen LogP contribution in [0.25, 0.3) is 0 Å². The van der Waals surface area contributed by atoms with Crippen LogP contribution in [0.4, 0.5) is 0 Å². The first-order valence-electron chi connectivity index (χ1n) is 3.98. The first-order valence-corrected chi connectivity index (χ1v) is 3.98. The summed E-state index contributed by atoms with van der Waals surface area (Å²) in [6.07, 6.45) is -3.09. The third-order valence-electron chi connectivity index (χ3n) is 2.43. The van der Waals surface area contributed by atoms with Gasteiger partial charge in [-0.25, -0.2) is 0 Å². The molecule has 72 valence electrons. The highest BCUT2D eigenvalue weighted by Gasteiger charge is 2.40. The topological polar surface area (TPSA) is 107 Å². The number of rotatable bonds is 1. The molecule has 0 bridgehead atoms. The minimum atomic E-state index is -1.24. The van der Waals surface area contributed by atoms with Crippen LogP contribution in [-0.4, -0.2) is 51.4 Å². The van der Waals surface area contributed by atoms with Gasteiger partial charge >= 0.3 is 0 Å². The van der Waals surface area contributed by atoms with E-state index < -0.39 is 30.3 Å². The Bertz CT molecular complexity index is 150. The first kappa shape index (κ1) is 9.88.